The van der Waals surface area contributed by atoms with Crippen molar-refractivity contribution < 1.29 is 19.0 Å². The Bertz CT molecular complexity index is 994. The molecule has 1 amide bonds. The number of benzene rings is 2. The van der Waals surface area contributed by atoms with Gasteiger partial charge in [-0.2, -0.15) is 0 Å². The first-order valence-corrected chi connectivity index (χ1v) is 9.68. The first-order chi connectivity index (χ1) is 14.0. The standard InChI is InChI=1S/C23H28N2O4/c1-15-18(19-14-17(27-2)7-8-20(19)25-15)11-12-24-23(26)10-6-16-5-9-21(28-3)22(13-16)29-4/h5,7-9,13-14,25H,6,10-12H2,1-4H3,(H,24,26). The second kappa shape index (κ2) is 9.37. The van der Waals surface area contributed by atoms with Crippen molar-refractivity contribution in [2.75, 3.05) is 27.9 Å². The Kier molecular flexibility index (Phi) is 6.65. The highest BCUT2D eigenvalue weighted by molar-refractivity contribution is 5.86. The van der Waals surface area contributed by atoms with Crippen molar-refractivity contribution in [3.8, 4) is 17.2 Å². The highest BCUT2D eigenvalue weighted by atomic mass is 16.5. The molecule has 0 spiro atoms. The van der Waals surface area contributed by atoms with Crippen LogP contribution in [0, 0.1) is 6.92 Å². The van der Waals surface area contributed by atoms with Crippen molar-refractivity contribution >= 4 is 16.8 Å². The molecule has 0 aliphatic rings. The summed E-state index contributed by atoms with van der Waals surface area (Å²) < 4.78 is 15.9. The molecule has 0 unspecified atom stereocenters. The summed E-state index contributed by atoms with van der Waals surface area (Å²) in [5.41, 5.74) is 4.45. The number of aryl methyl sites for hydroxylation is 2. The number of amides is 1. The Morgan fingerprint density at radius 2 is 1.76 bits per heavy atom. The van der Waals surface area contributed by atoms with Gasteiger partial charge in [0.25, 0.3) is 0 Å². The number of nitrogens with one attached hydrogen (secondary N) is 2. The van der Waals surface area contributed by atoms with Gasteiger partial charge in [-0.15, -0.1) is 0 Å². The maximum Gasteiger partial charge on any atom is 0.220 e. The lowest BCUT2D eigenvalue weighted by molar-refractivity contribution is -0.121. The number of ether oxygens (including phenoxy) is 3. The van der Waals surface area contributed by atoms with Crippen LogP contribution in [-0.4, -0.2) is 38.8 Å². The van der Waals surface area contributed by atoms with E-state index in [9.17, 15) is 4.79 Å². The van der Waals surface area contributed by atoms with Gasteiger partial charge in [-0.05, 0) is 61.2 Å². The number of hydrogen-bond donors (Lipinski definition) is 2. The smallest absolute Gasteiger partial charge is 0.220 e. The molecule has 3 rings (SSSR count). The summed E-state index contributed by atoms with van der Waals surface area (Å²) in [6, 6.07) is 11.7. The third-order valence-corrected chi connectivity index (χ3v) is 5.11. The average Bonchev–Trinajstić information content (AvgIpc) is 3.06. The minimum absolute atomic E-state index is 0.0369. The lowest BCUT2D eigenvalue weighted by Gasteiger charge is -2.10. The highest BCUT2D eigenvalue weighted by Gasteiger charge is 2.11. The van der Waals surface area contributed by atoms with Gasteiger partial charge in [0.2, 0.25) is 5.91 Å². The van der Waals surface area contributed by atoms with Crippen LogP contribution in [0.15, 0.2) is 36.4 Å². The average molecular weight is 396 g/mol. The molecule has 29 heavy (non-hydrogen) atoms. The van der Waals surface area contributed by atoms with Gasteiger partial charge in [0.15, 0.2) is 11.5 Å². The van der Waals surface area contributed by atoms with Gasteiger partial charge in [-0.3, -0.25) is 4.79 Å². The number of methoxy groups -OCH3 is 3. The molecule has 0 radical (unpaired) electrons. The molecule has 2 aromatic carbocycles. The van der Waals surface area contributed by atoms with E-state index in [0.717, 1.165) is 34.3 Å². The van der Waals surface area contributed by atoms with E-state index >= 15 is 0 Å². The minimum atomic E-state index is 0.0369. The van der Waals surface area contributed by atoms with Gasteiger partial charge in [0.1, 0.15) is 5.75 Å². The van der Waals surface area contributed by atoms with Crippen LogP contribution >= 0.6 is 0 Å². The predicted molar refractivity (Wildman–Crippen MR) is 114 cm³/mol. The number of H-pyrrole nitrogens is 1. The zero-order valence-electron chi connectivity index (χ0n) is 17.4. The van der Waals surface area contributed by atoms with Crippen LogP contribution in [0.25, 0.3) is 10.9 Å². The predicted octanol–water partition coefficient (Wildman–Crippen LogP) is 3.79. The van der Waals surface area contributed by atoms with Crippen molar-refractivity contribution in [2.45, 2.75) is 26.2 Å². The molecule has 0 saturated heterocycles. The van der Waals surface area contributed by atoms with Crippen molar-refractivity contribution in [3.05, 3.63) is 53.2 Å². The van der Waals surface area contributed by atoms with Crippen LogP contribution in [0.3, 0.4) is 0 Å². The Labute approximate surface area is 171 Å². The van der Waals surface area contributed by atoms with Gasteiger partial charge in [-0.25, -0.2) is 0 Å². The molecule has 6 heteroatoms. The molecule has 0 bridgehead atoms. The molecule has 154 valence electrons. The van der Waals surface area contributed by atoms with E-state index in [1.54, 1.807) is 21.3 Å². The Morgan fingerprint density at radius 1 is 0.966 bits per heavy atom. The Balaban J connectivity index is 1.54. The SMILES string of the molecule is COc1ccc2[nH]c(C)c(CCNC(=O)CCc3ccc(OC)c(OC)c3)c2c1. The van der Waals surface area contributed by atoms with Crippen LogP contribution < -0.4 is 19.5 Å². The van der Waals surface area contributed by atoms with Gasteiger partial charge >= 0.3 is 0 Å². The first kappa shape index (κ1) is 20.6. The quantitative estimate of drug-likeness (QED) is 0.577. The largest absolute Gasteiger partial charge is 0.497 e. The van der Waals surface area contributed by atoms with Crippen LogP contribution in [0.5, 0.6) is 17.2 Å². The van der Waals surface area contributed by atoms with Gasteiger partial charge in [0, 0.05) is 29.6 Å². The number of aromatic nitrogens is 1. The lowest BCUT2D eigenvalue weighted by atomic mass is 10.1. The van der Waals surface area contributed by atoms with Crippen molar-refractivity contribution in [2.24, 2.45) is 0 Å². The number of fused-ring (bicyclic) bond motifs is 1. The van der Waals surface area contributed by atoms with E-state index in [1.807, 2.05) is 36.4 Å². The fourth-order valence-corrected chi connectivity index (χ4v) is 3.52. The molecule has 0 aliphatic heterocycles. The van der Waals surface area contributed by atoms with Gasteiger partial charge in [0.05, 0.1) is 21.3 Å². The molecule has 2 N–H and O–H groups in total. The Hall–Kier alpha value is -3.15. The van der Waals surface area contributed by atoms with Crippen molar-refractivity contribution in [3.63, 3.8) is 0 Å². The third kappa shape index (κ3) is 4.83. The van der Waals surface area contributed by atoms with Gasteiger partial charge in [-0.1, -0.05) is 6.07 Å². The van der Waals surface area contributed by atoms with Crippen LogP contribution in [0.2, 0.25) is 0 Å². The van der Waals surface area contributed by atoms with E-state index < -0.39 is 0 Å². The number of aromatic amines is 1. The second-order valence-corrected chi connectivity index (χ2v) is 6.93. The van der Waals surface area contributed by atoms with E-state index in [1.165, 1.54) is 5.56 Å². The van der Waals surface area contributed by atoms with E-state index in [2.05, 4.69) is 17.2 Å². The van der Waals surface area contributed by atoms with Crippen LogP contribution in [0.4, 0.5) is 0 Å². The summed E-state index contributed by atoms with van der Waals surface area (Å²) in [6.45, 7) is 2.65. The monoisotopic (exact) mass is 396 g/mol. The maximum absolute atomic E-state index is 12.3. The van der Waals surface area contributed by atoms with Crippen LogP contribution in [-0.2, 0) is 17.6 Å². The molecule has 1 heterocycles. The van der Waals surface area contributed by atoms with Crippen molar-refractivity contribution in [1.82, 2.24) is 10.3 Å². The van der Waals surface area contributed by atoms with Crippen LogP contribution in [0.1, 0.15) is 23.2 Å². The molecule has 1 aromatic heterocycles. The van der Waals surface area contributed by atoms with E-state index in [-0.39, 0.29) is 5.91 Å². The molecular weight excluding hydrogens is 368 g/mol. The minimum Gasteiger partial charge on any atom is -0.497 e. The molecule has 0 saturated carbocycles. The summed E-state index contributed by atoms with van der Waals surface area (Å²) in [5, 5.41) is 4.16. The topological polar surface area (TPSA) is 72.6 Å². The fraction of sp³-hybridized carbons (Fsp3) is 0.348. The molecular formula is C23H28N2O4. The van der Waals surface area contributed by atoms with Crippen molar-refractivity contribution in [1.29, 1.82) is 0 Å². The maximum atomic E-state index is 12.3. The normalized spacial score (nSPS) is 10.8. The lowest BCUT2D eigenvalue weighted by Crippen LogP contribution is -2.26. The highest BCUT2D eigenvalue weighted by Crippen LogP contribution is 2.28. The molecule has 0 aliphatic carbocycles. The summed E-state index contributed by atoms with van der Waals surface area (Å²) in [7, 11) is 4.88. The second-order valence-electron chi connectivity index (χ2n) is 6.93. The van der Waals surface area contributed by atoms with E-state index in [4.69, 9.17) is 14.2 Å². The summed E-state index contributed by atoms with van der Waals surface area (Å²) in [4.78, 5) is 15.7. The zero-order chi connectivity index (χ0) is 20.8. The summed E-state index contributed by atoms with van der Waals surface area (Å²) in [5.74, 6) is 2.23. The summed E-state index contributed by atoms with van der Waals surface area (Å²) in [6.07, 6.45) is 1.84. The summed E-state index contributed by atoms with van der Waals surface area (Å²) >= 11 is 0. The fourth-order valence-electron chi connectivity index (χ4n) is 3.52. The zero-order valence-corrected chi connectivity index (χ0v) is 17.4. The van der Waals surface area contributed by atoms with Gasteiger partial charge < -0.3 is 24.5 Å². The first-order valence-electron chi connectivity index (χ1n) is 9.68. The molecule has 3 aromatic rings. The van der Waals surface area contributed by atoms with E-state index in [0.29, 0.717) is 30.9 Å². The third-order valence-electron chi connectivity index (χ3n) is 5.11. The molecule has 6 nitrogen and oxygen atoms in total. The Morgan fingerprint density at radius 3 is 2.48 bits per heavy atom. The molecule has 0 atom stereocenters. The number of carbonyl (C=O) groups is 1. The number of hydrogen-bond acceptors (Lipinski definition) is 4. The number of rotatable bonds is 9. The number of carbonyl (C=O) groups excluding carboxylic acids is 1. The molecule has 0 fully saturated rings.